The summed E-state index contributed by atoms with van der Waals surface area (Å²) in [4.78, 5) is 38.9. The summed E-state index contributed by atoms with van der Waals surface area (Å²) in [6.07, 6.45) is -3.63. The van der Waals surface area contributed by atoms with Crippen molar-refractivity contribution in [1.82, 2.24) is 15.1 Å². The molecule has 2 aliphatic rings. The third kappa shape index (κ3) is 5.86. The molecule has 26 heavy (non-hydrogen) atoms. The Bertz CT molecular complexity index is 541. The lowest BCUT2D eigenvalue weighted by Gasteiger charge is -2.32. The highest BCUT2D eigenvalue weighted by atomic mass is 19.4. The van der Waals surface area contributed by atoms with Crippen LogP contribution in [0.5, 0.6) is 0 Å². The van der Waals surface area contributed by atoms with Gasteiger partial charge in [0.25, 0.3) is 0 Å². The lowest BCUT2D eigenvalue weighted by molar-refractivity contribution is -0.161. The van der Waals surface area contributed by atoms with Crippen LogP contribution in [0.4, 0.5) is 13.2 Å². The Hall–Kier alpha value is -1.84. The second-order valence-corrected chi connectivity index (χ2v) is 6.83. The van der Waals surface area contributed by atoms with Crippen LogP contribution in [0, 0.1) is 0 Å². The molecule has 0 bridgehead atoms. The Morgan fingerprint density at radius 2 is 1.96 bits per heavy atom. The van der Waals surface area contributed by atoms with Gasteiger partial charge in [-0.25, -0.2) is 0 Å². The van der Waals surface area contributed by atoms with Crippen molar-refractivity contribution >= 4 is 17.7 Å². The largest absolute Gasteiger partial charge is 0.391 e. The summed E-state index contributed by atoms with van der Waals surface area (Å²) in [5.41, 5.74) is 5.96. The number of nitrogens with one attached hydrogen (secondary N) is 1. The third-order valence-electron chi connectivity index (χ3n) is 4.61. The van der Waals surface area contributed by atoms with Crippen molar-refractivity contribution in [2.75, 3.05) is 26.2 Å². The molecule has 10 heteroatoms. The van der Waals surface area contributed by atoms with Crippen molar-refractivity contribution in [2.24, 2.45) is 5.73 Å². The fourth-order valence-electron chi connectivity index (χ4n) is 3.34. The molecule has 2 saturated heterocycles. The van der Waals surface area contributed by atoms with Gasteiger partial charge in [0.1, 0.15) is 6.04 Å². The highest BCUT2D eigenvalue weighted by Gasteiger charge is 2.41. The monoisotopic (exact) mass is 378 g/mol. The van der Waals surface area contributed by atoms with Gasteiger partial charge >= 0.3 is 6.18 Å². The zero-order chi connectivity index (χ0) is 19.3. The van der Waals surface area contributed by atoms with Gasteiger partial charge in [-0.1, -0.05) is 0 Å². The Morgan fingerprint density at radius 3 is 2.62 bits per heavy atom. The minimum Gasteiger partial charge on any atom is -0.354 e. The fraction of sp³-hybridized carbons (Fsp3) is 0.812. The van der Waals surface area contributed by atoms with E-state index in [0.717, 1.165) is 17.7 Å². The van der Waals surface area contributed by atoms with Crippen molar-refractivity contribution in [1.29, 1.82) is 0 Å². The standard InChI is InChI=1S/C16H25F3N4O3/c17-16(18,19)9-12-15(26)21-5-3-7-23(12)14(25)8-11(20)10-22-6-2-1-4-13(22)24/h11-12H,1-10,20H2,(H,21,26)/t11-,12+/m0/s1. The van der Waals surface area contributed by atoms with Crippen LogP contribution in [-0.2, 0) is 14.4 Å². The maximum atomic E-state index is 12.8. The van der Waals surface area contributed by atoms with E-state index in [2.05, 4.69) is 5.32 Å². The SMILES string of the molecule is N[C@@H](CC(=O)N1CCCNC(=O)[C@H]1CC(F)(F)F)CN1CCCCC1=O. The molecule has 7 nitrogen and oxygen atoms in total. The molecule has 0 unspecified atom stereocenters. The van der Waals surface area contributed by atoms with Crippen LogP contribution in [0.3, 0.4) is 0 Å². The van der Waals surface area contributed by atoms with E-state index >= 15 is 0 Å². The first-order valence-electron chi connectivity index (χ1n) is 8.84. The highest BCUT2D eigenvalue weighted by molar-refractivity contribution is 5.88. The lowest BCUT2D eigenvalue weighted by atomic mass is 10.1. The molecule has 2 rings (SSSR count). The molecule has 0 radical (unpaired) electrons. The molecule has 2 atom stereocenters. The smallest absolute Gasteiger partial charge is 0.354 e. The first kappa shape index (κ1) is 20.5. The quantitative estimate of drug-likeness (QED) is 0.723. The number of rotatable bonds is 5. The normalized spacial score (nSPS) is 23.5. The Labute approximate surface area is 150 Å². The van der Waals surface area contributed by atoms with Gasteiger partial charge in [0.05, 0.1) is 6.42 Å². The molecule has 2 aliphatic heterocycles. The van der Waals surface area contributed by atoms with Crippen LogP contribution in [0.25, 0.3) is 0 Å². The number of nitrogens with zero attached hydrogens (tertiary/aromatic N) is 2. The zero-order valence-corrected chi connectivity index (χ0v) is 14.6. The van der Waals surface area contributed by atoms with Crippen LogP contribution < -0.4 is 11.1 Å². The van der Waals surface area contributed by atoms with Crippen molar-refractivity contribution in [3.05, 3.63) is 0 Å². The van der Waals surface area contributed by atoms with Gasteiger partial charge in [0.15, 0.2) is 0 Å². The number of hydrogen-bond acceptors (Lipinski definition) is 4. The molecular formula is C16H25F3N4O3. The number of carbonyl (C=O) groups is 3. The van der Waals surface area contributed by atoms with E-state index in [1.165, 1.54) is 0 Å². The van der Waals surface area contributed by atoms with Crippen molar-refractivity contribution in [3.63, 3.8) is 0 Å². The van der Waals surface area contributed by atoms with Crippen LogP contribution in [-0.4, -0.2) is 72.0 Å². The van der Waals surface area contributed by atoms with Gasteiger partial charge in [0.2, 0.25) is 17.7 Å². The van der Waals surface area contributed by atoms with Gasteiger partial charge in [-0.3, -0.25) is 14.4 Å². The first-order valence-corrected chi connectivity index (χ1v) is 8.84. The van der Waals surface area contributed by atoms with E-state index in [1.807, 2.05) is 0 Å². The maximum absolute atomic E-state index is 12.8. The minimum atomic E-state index is -4.56. The summed E-state index contributed by atoms with van der Waals surface area (Å²) in [6, 6.07) is -2.25. The maximum Gasteiger partial charge on any atom is 0.391 e. The summed E-state index contributed by atoms with van der Waals surface area (Å²) in [5.74, 6) is -1.41. The van der Waals surface area contributed by atoms with Crippen LogP contribution in [0.2, 0.25) is 0 Å². The number of carbonyl (C=O) groups excluding carboxylic acids is 3. The Balaban J connectivity index is 1.99. The van der Waals surface area contributed by atoms with Crippen molar-refractivity contribution < 1.29 is 27.6 Å². The third-order valence-corrected chi connectivity index (χ3v) is 4.61. The number of nitrogens with two attached hydrogens (primary N) is 1. The molecule has 0 saturated carbocycles. The van der Waals surface area contributed by atoms with E-state index in [-0.39, 0.29) is 32.0 Å². The molecule has 0 aromatic heterocycles. The molecule has 2 fully saturated rings. The second-order valence-electron chi connectivity index (χ2n) is 6.83. The number of likely N-dealkylation sites (tertiary alicyclic amines) is 1. The molecule has 3 N–H and O–H groups in total. The van der Waals surface area contributed by atoms with Crippen LogP contribution in [0.1, 0.15) is 38.5 Å². The predicted molar refractivity (Wildman–Crippen MR) is 86.8 cm³/mol. The summed E-state index contributed by atoms with van der Waals surface area (Å²) < 4.78 is 38.4. The fourth-order valence-corrected chi connectivity index (χ4v) is 3.34. The lowest BCUT2D eigenvalue weighted by Crippen LogP contribution is -2.51. The molecule has 2 heterocycles. The summed E-state index contributed by atoms with van der Waals surface area (Å²) in [7, 11) is 0. The number of amides is 3. The van der Waals surface area contributed by atoms with Gasteiger partial charge < -0.3 is 20.9 Å². The van der Waals surface area contributed by atoms with E-state index < -0.39 is 36.5 Å². The average Bonchev–Trinajstić information content (AvgIpc) is 2.70. The minimum absolute atomic E-state index is 0.0248. The topological polar surface area (TPSA) is 95.7 Å². The molecule has 148 valence electrons. The summed E-state index contributed by atoms with van der Waals surface area (Å²) in [6.45, 7) is 1.05. The van der Waals surface area contributed by atoms with Crippen molar-refractivity contribution in [3.8, 4) is 0 Å². The number of halogens is 3. The van der Waals surface area contributed by atoms with Gasteiger partial charge in [-0.05, 0) is 19.3 Å². The predicted octanol–water partition coefficient (Wildman–Crippen LogP) is 0.386. The van der Waals surface area contributed by atoms with Crippen LogP contribution >= 0.6 is 0 Å². The van der Waals surface area contributed by atoms with Crippen LogP contribution in [0.15, 0.2) is 0 Å². The van der Waals surface area contributed by atoms with E-state index in [1.54, 1.807) is 4.90 Å². The van der Waals surface area contributed by atoms with Gasteiger partial charge in [-0.15, -0.1) is 0 Å². The second kappa shape index (κ2) is 8.70. The molecule has 0 aromatic rings. The van der Waals surface area contributed by atoms with E-state index in [9.17, 15) is 27.6 Å². The van der Waals surface area contributed by atoms with Crippen molar-refractivity contribution in [2.45, 2.75) is 56.8 Å². The summed E-state index contributed by atoms with van der Waals surface area (Å²) in [5, 5.41) is 2.41. The number of piperidine rings is 1. The zero-order valence-electron chi connectivity index (χ0n) is 14.6. The van der Waals surface area contributed by atoms with Gasteiger partial charge in [-0.2, -0.15) is 13.2 Å². The highest BCUT2D eigenvalue weighted by Crippen LogP contribution is 2.26. The number of hydrogen-bond donors (Lipinski definition) is 2. The molecule has 3 amide bonds. The first-order chi connectivity index (χ1) is 12.2. The molecule has 0 spiro atoms. The molecule has 0 aliphatic carbocycles. The molecular weight excluding hydrogens is 353 g/mol. The number of alkyl halides is 3. The van der Waals surface area contributed by atoms with E-state index in [4.69, 9.17) is 5.73 Å². The summed E-state index contributed by atoms with van der Waals surface area (Å²) >= 11 is 0. The van der Waals surface area contributed by atoms with E-state index in [0.29, 0.717) is 19.4 Å². The van der Waals surface area contributed by atoms with Gasteiger partial charge in [0, 0.05) is 45.1 Å². The molecule has 0 aromatic carbocycles. The average molecular weight is 378 g/mol. The Morgan fingerprint density at radius 1 is 1.23 bits per heavy atom. The Kier molecular flexibility index (Phi) is 6.85.